The number of nitro benzene ring substituents is 1. The molecule has 0 amide bonds. The molecule has 0 N–H and O–H groups in total. The molecule has 0 spiro atoms. The summed E-state index contributed by atoms with van der Waals surface area (Å²) in [6, 6.07) is 3.21. The summed E-state index contributed by atoms with van der Waals surface area (Å²) in [5, 5.41) is 10.6. The lowest BCUT2D eigenvalue weighted by molar-refractivity contribution is -0.385. The van der Waals surface area contributed by atoms with E-state index in [1.54, 1.807) is 6.92 Å². The molecule has 0 heterocycles. The highest BCUT2D eigenvalue weighted by Crippen LogP contribution is 2.30. The summed E-state index contributed by atoms with van der Waals surface area (Å²) >= 11 is 0. The van der Waals surface area contributed by atoms with Crippen molar-refractivity contribution in [1.82, 2.24) is 0 Å². The van der Waals surface area contributed by atoms with Crippen LogP contribution in [0.4, 0.5) is 5.69 Å². The summed E-state index contributed by atoms with van der Waals surface area (Å²) in [4.78, 5) is 9.47. The Labute approximate surface area is 114 Å². The molecule has 0 aliphatic carbocycles. The van der Waals surface area contributed by atoms with Gasteiger partial charge < -0.3 is 4.74 Å². The summed E-state index contributed by atoms with van der Waals surface area (Å²) < 4.78 is 27.9. The van der Waals surface area contributed by atoms with Crippen LogP contribution in [0.1, 0.15) is 13.3 Å². The van der Waals surface area contributed by atoms with Gasteiger partial charge in [-0.2, -0.15) is 0 Å². The highest BCUT2D eigenvalue weighted by molar-refractivity contribution is 8.13. The molecule has 102 valence electrons. The first-order chi connectivity index (χ1) is 8.86. The topological polar surface area (TPSA) is 86.5 Å². The van der Waals surface area contributed by atoms with Crippen LogP contribution in [-0.2, 0) is 9.05 Å². The smallest absolute Gasteiger partial charge is 0.271 e. The van der Waals surface area contributed by atoms with Crippen molar-refractivity contribution in [3.05, 3.63) is 28.3 Å². The maximum absolute atomic E-state index is 11.4. The van der Waals surface area contributed by atoms with Crippen LogP contribution in [0.25, 0.3) is 0 Å². The number of rotatable bonds is 5. The molecule has 0 atom stereocenters. The van der Waals surface area contributed by atoms with E-state index in [0.29, 0.717) is 6.42 Å². The van der Waals surface area contributed by atoms with Crippen molar-refractivity contribution >= 4 is 25.4 Å². The van der Waals surface area contributed by atoms with Crippen molar-refractivity contribution in [2.75, 3.05) is 6.61 Å². The van der Waals surface area contributed by atoms with Crippen molar-refractivity contribution in [2.24, 2.45) is 0 Å². The van der Waals surface area contributed by atoms with Gasteiger partial charge in [0.15, 0.2) is 0 Å². The van der Waals surface area contributed by atoms with Crippen molar-refractivity contribution in [2.45, 2.75) is 18.2 Å². The van der Waals surface area contributed by atoms with Crippen LogP contribution in [0.15, 0.2) is 23.1 Å². The van der Waals surface area contributed by atoms with E-state index in [0.717, 1.165) is 12.1 Å². The molecule has 8 heteroatoms. The molecule has 0 radical (unpaired) electrons. The Kier molecular flexibility index (Phi) is 5.15. The van der Waals surface area contributed by atoms with Crippen LogP contribution in [0.5, 0.6) is 5.75 Å². The molecule has 1 aromatic carbocycles. The van der Waals surface area contributed by atoms with Gasteiger partial charge in [-0.1, -0.05) is 0 Å². The van der Waals surface area contributed by atoms with Crippen LogP contribution in [-0.4, -0.2) is 19.9 Å². The number of hydrogen-bond donors (Lipinski definition) is 0. The first-order valence-corrected chi connectivity index (χ1v) is 7.42. The number of hydrogen-bond acceptors (Lipinski definition) is 5. The Morgan fingerprint density at radius 2 is 2.16 bits per heavy atom. The molecular weight excluding hydrogens is 294 g/mol. The molecule has 6 nitrogen and oxygen atoms in total. The van der Waals surface area contributed by atoms with E-state index < -0.39 is 18.9 Å². The Morgan fingerprint density at radius 3 is 2.68 bits per heavy atom. The van der Waals surface area contributed by atoms with E-state index in [4.69, 9.17) is 15.4 Å². The number of halogens is 1. The Morgan fingerprint density at radius 1 is 1.47 bits per heavy atom. The van der Waals surface area contributed by atoms with Gasteiger partial charge in [0.05, 0.1) is 11.5 Å². The number of nitrogens with zero attached hydrogens (tertiary/aromatic N) is 1. The second-order valence-corrected chi connectivity index (χ2v) is 5.89. The van der Waals surface area contributed by atoms with Crippen LogP contribution in [0.3, 0.4) is 0 Å². The molecule has 0 aliphatic rings. The monoisotopic (exact) mass is 303 g/mol. The lowest BCUT2D eigenvalue weighted by Crippen LogP contribution is -2.02. The minimum Gasteiger partial charge on any atom is -0.491 e. The minimum absolute atomic E-state index is 0.0292. The van der Waals surface area contributed by atoms with Gasteiger partial charge in [-0.25, -0.2) is 8.42 Å². The molecule has 0 saturated carbocycles. The fourth-order valence-corrected chi connectivity index (χ4v) is 2.25. The zero-order valence-corrected chi connectivity index (χ0v) is 11.5. The van der Waals surface area contributed by atoms with Gasteiger partial charge in [-0.15, -0.1) is 11.8 Å². The maximum Gasteiger partial charge on any atom is 0.271 e. The van der Waals surface area contributed by atoms with Gasteiger partial charge in [0, 0.05) is 29.2 Å². The van der Waals surface area contributed by atoms with Gasteiger partial charge in [-0.05, 0) is 13.0 Å². The second-order valence-electron chi connectivity index (χ2n) is 3.35. The maximum atomic E-state index is 11.4. The summed E-state index contributed by atoms with van der Waals surface area (Å²) in [7, 11) is 1.10. The number of benzene rings is 1. The van der Waals surface area contributed by atoms with E-state index in [2.05, 4.69) is 11.8 Å². The van der Waals surface area contributed by atoms with Crippen LogP contribution >= 0.6 is 10.7 Å². The molecule has 0 fully saturated rings. The van der Waals surface area contributed by atoms with Gasteiger partial charge >= 0.3 is 0 Å². The third kappa shape index (κ3) is 4.43. The van der Waals surface area contributed by atoms with E-state index in [1.807, 2.05) is 0 Å². The average molecular weight is 304 g/mol. The summed E-state index contributed by atoms with van der Waals surface area (Å²) in [5.74, 6) is 5.37. The van der Waals surface area contributed by atoms with Gasteiger partial charge in [-0.3, -0.25) is 10.1 Å². The summed E-state index contributed by atoms with van der Waals surface area (Å²) in [6.45, 7) is 1.83. The van der Waals surface area contributed by atoms with Gasteiger partial charge in [0.25, 0.3) is 14.7 Å². The molecular formula is C11H10ClNO5S. The Bertz CT molecular complexity index is 645. The number of nitro groups is 1. The quantitative estimate of drug-likeness (QED) is 0.274. The molecule has 0 saturated heterocycles. The molecule has 0 unspecified atom stereocenters. The largest absolute Gasteiger partial charge is 0.491 e. The highest BCUT2D eigenvalue weighted by atomic mass is 35.7. The predicted molar refractivity (Wildman–Crippen MR) is 69.7 cm³/mol. The summed E-state index contributed by atoms with van der Waals surface area (Å²) in [6.07, 6.45) is 0.412. The molecule has 0 aromatic heterocycles. The number of non-ortho nitro benzene ring substituents is 1. The van der Waals surface area contributed by atoms with Crippen molar-refractivity contribution in [1.29, 1.82) is 0 Å². The third-order valence-electron chi connectivity index (χ3n) is 2.06. The minimum atomic E-state index is -4.13. The van der Waals surface area contributed by atoms with E-state index in [1.165, 1.54) is 6.07 Å². The van der Waals surface area contributed by atoms with Crippen molar-refractivity contribution in [3.8, 4) is 17.6 Å². The molecule has 0 aliphatic heterocycles. The molecule has 1 aromatic rings. The fraction of sp³-hybridized carbons (Fsp3) is 0.273. The molecule has 0 bridgehead atoms. The van der Waals surface area contributed by atoms with Crippen LogP contribution in [0.2, 0.25) is 0 Å². The lowest BCUT2D eigenvalue weighted by Gasteiger charge is -2.07. The molecule has 19 heavy (non-hydrogen) atoms. The molecule has 1 rings (SSSR count). The first-order valence-electron chi connectivity index (χ1n) is 5.11. The van der Waals surface area contributed by atoms with Crippen molar-refractivity contribution < 1.29 is 18.1 Å². The zero-order valence-electron chi connectivity index (χ0n) is 9.92. The van der Waals surface area contributed by atoms with Crippen LogP contribution < -0.4 is 4.74 Å². The van der Waals surface area contributed by atoms with Crippen molar-refractivity contribution in [3.63, 3.8) is 0 Å². The standard InChI is InChI=1S/C11H10ClNO5S/c1-2-3-4-7-18-10-6-5-9(13(14)15)8-11(10)19(12,16)17/h5-6,8H,4,7H2,1H3. The first kappa shape index (κ1) is 15.3. The van der Waals surface area contributed by atoms with E-state index in [-0.39, 0.29) is 18.0 Å². The van der Waals surface area contributed by atoms with Gasteiger partial charge in [0.2, 0.25) is 0 Å². The fourth-order valence-electron chi connectivity index (χ4n) is 1.26. The third-order valence-corrected chi connectivity index (χ3v) is 3.41. The van der Waals surface area contributed by atoms with E-state index >= 15 is 0 Å². The zero-order chi connectivity index (χ0) is 14.5. The Balaban J connectivity index is 3.09. The predicted octanol–water partition coefficient (Wildman–Crippen LogP) is 2.31. The highest BCUT2D eigenvalue weighted by Gasteiger charge is 2.21. The lowest BCUT2D eigenvalue weighted by atomic mass is 10.3. The number of ether oxygens (including phenoxy) is 1. The van der Waals surface area contributed by atoms with Crippen LogP contribution in [0, 0.1) is 22.0 Å². The average Bonchev–Trinajstić information content (AvgIpc) is 2.33. The van der Waals surface area contributed by atoms with E-state index in [9.17, 15) is 18.5 Å². The normalized spacial score (nSPS) is 10.4. The SMILES string of the molecule is CC#CCCOc1ccc([N+](=O)[O-])cc1S(=O)(=O)Cl. The second kappa shape index (κ2) is 6.41. The Hall–Kier alpha value is -1.78. The van der Waals surface area contributed by atoms with Gasteiger partial charge in [0.1, 0.15) is 10.6 Å². The summed E-state index contributed by atoms with van der Waals surface area (Å²) in [5.41, 5.74) is -0.375.